The molecule has 6 nitrogen and oxygen atoms in total. The normalized spacial score (nSPS) is 34.6. The molecule has 1 heterocycles. The van der Waals surface area contributed by atoms with E-state index in [0.29, 0.717) is 39.0 Å². The fourth-order valence-corrected chi connectivity index (χ4v) is 5.20. The maximum absolute atomic E-state index is 12.5. The average Bonchev–Trinajstić information content (AvgIpc) is 2.78. The molecule has 2 rings (SSSR count). The summed E-state index contributed by atoms with van der Waals surface area (Å²) in [6.07, 6.45) is 1.57. The fourth-order valence-electron chi connectivity index (χ4n) is 2.83. The van der Waals surface area contributed by atoms with E-state index in [9.17, 15) is 13.2 Å². The van der Waals surface area contributed by atoms with Gasteiger partial charge in [-0.2, -0.15) is 4.31 Å². The van der Waals surface area contributed by atoms with Crippen LogP contribution in [0.5, 0.6) is 0 Å². The van der Waals surface area contributed by atoms with Gasteiger partial charge in [-0.15, -0.1) is 0 Å². The standard InChI is InChI=1S/C11H19NO5S/c1-8-7-17-6-5-12(8)18(15,16)10-4-2-3-9(10)11(13)14/h8-10H,2-7H2,1H3,(H,13,14). The molecule has 0 aromatic heterocycles. The van der Waals surface area contributed by atoms with Gasteiger partial charge in [0.2, 0.25) is 10.0 Å². The number of carboxylic acids is 1. The summed E-state index contributed by atoms with van der Waals surface area (Å²) in [5.74, 6) is -1.76. The quantitative estimate of drug-likeness (QED) is 0.801. The fraction of sp³-hybridized carbons (Fsp3) is 0.909. The Hall–Kier alpha value is -0.660. The van der Waals surface area contributed by atoms with Crippen LogP contribution >= 0.6 is 0 Å². The molecule has 3 unspecified atom stereocenters. The molecule has 1 N–H and O–H groups in total. The molecule has 1 saturated carbocycles. The van der Waals surface area contributed by atoms with Crippen LogP contribution in [-0.4, -0.2) is 54.8 Å². The lowest BCUT2D eigenvalue weighted by Gasteiger charge is -2.35. The van der Waals surface area contributed by atoms with E-state index < -0.39 is 27.2 Å². The molecule has 1 aliphatic carbocycles. The minimum Gasteiger partial charge on any atom is -0.481 e. The van der Waals surface area contributed by atoms with Crippen LogP contribution in [0.2, 0.25) is 0 Å². The predicted octanol–water partition coefficient (Wildman–Crippen LogP) is 0.290. The van der Waals surface area contributed by atoms with Crippen molar-refractivity contribution in [2.24, 2.45) is 5.92 Å². The van der Waals surface area contributed by atoms with Gasteiger partial charge in [-0.1, -0.05) is 6.42 Å². The third kappa shape index (κ3) is 2.39. The molecule has 3 atom stereocenters. The summed E-state index contributed by atoms with van der Waals surface area (Å²) < 4.78 is 31.7. The van der Waals surface area contributed by atoms with Gasteiger partial charge in [0.15, 0.2) is 0 Å². The predicted molar refractivity (Wildman–Crippen MR) is 64.7 cm³/mol. The zero-order valence-corrected chi connectivity index (χ0v) is 11.2. The number of nitrogens with zero attached hydrogens (tertiary/aromatic N) is 1. The van der Waals surface area contributed by atoms with Crippen LogP contribution in [0.4, 0.5) is 0 Å². The summed E-state index contributed by atoms with van der Waals surface area (Å²) in [5, 5.41) is 8.34. The molecule has 104 valence electrons. The first-order chi connectivity index (χ1) is 8.44. The van der Waals surface area contributed by atoms with E-state index in [1.54, 1.807) is 6.92 Å². The number of sulfonamides is 1. The molecule has 1 saturated heterocycles. The summed E-state index contributed by atoms with van der Waals surface area (Å²) in [4.78, 5) is 11.1. The third-order valence-electron chi connectivity index (χ3n) is 3.79. The van der Waals surface area contributed by atoms with Gasteiger partial charge in [0.1, 0.15) is 0 Å². The summed E-state index contributed by atoms with van der Waals surface area (Å²) in [5.41, 5.74) is 0. The van der Waals surface area contributed by atoms with Crippen molar-refractivity contribution in [1.82, 2.24) is 4.31 Å². The first-order valence-corrected chi connectivity index (χ1v) is 7.76. The zero-order chi connectivity index (χ0) is 13.3. The number of aliphatic carboxylic acids is 1. The minimum atomic E-state index is -3.53. The van der Waals surface area contributed by atoms with Crippen LogP contribution in [0.3, 0.4) is 0 Å². The van der Waals surface area contributed by atoms with E-state index in [-0.39, 0.29) is 6.04 Å². The zero-order valence-electron chi connectivity index (χ0n) is 10.4. The maximum Gasteiger partial charge on any atom is 0.307 e. The lowest BCUT2D eigenvalue weighted by molar-refractivity contribution is -0.141. The molecule has 0 bridgehead atoms. The van der Waals surface area contributed by atoms with E-state index >= 15 is 0 Å². The lowest BCUT2D eigenvalue weighted by Crippen LogP contribution is -2.51. The summed E-state index contributed by atoms with van der Waals surface area (Å²) in [7, 11) is -3.53. The van der Waals surface area contributed by atoms with Crippen molar-refractivity contribution < 1.29 is 23.1 Å². The van der Waals surface area contributed by atoms with Crippen molar-refractivity contribution in [1.29, 1.82) is 0 Å². The number of morpholine rings is 1. The highest BCUT2D eigenvalue weighted by atomic mass is 32.2. The minimum absolute atomic E-state index is 0.209. The van der Waals surface area contributed by atoms with Crippen LogP contribution in [0, 0.1) is 5.92 Å². The van der Waals surface area contributed by atoms with Crippen molar-refractivity contribution >= 4 is 16.0 Å². The molecule has 0 aromatic rings. The Bertz CT molecular complexity index is 421. The van der Waals surface area contributed by atoms with E-state index in [0.717, 1.165) is 0 Å². The Morgan fingerprint density at radius 3 is 2.72 bits per heavy atom. The van der Waals surface area contributed by atoms with Crippen LogP contribution in [-0.2, 0) is 19.6 Å². The number of hydrogen-bond acceptors (Lipinski definition) is 4. The molecule has 7 heteroatoms. The second-order valence-corrected chi connectivity index (χ2v) is 7.10. The maximum atomic E-state index is 12.5. The van der Waals surface area contributed by atoms with Gasteiger partial charge in [-0.05, 0) is 19.8 Å². The summed E-state index contributed by atoms with van der Waals surface area (Å²) in [6, 6.07) is -0.209. The van der Waals surface area contributed by atoms with Crippen LogP contribution in [0.1, 0.15) is 26.2 Å². The Labute approximate surface area is 107 Å². The second kappa shape index (κ2) is 5.14. The number of hydrogen-bond donors (Lipinski definition) is 1. The topological polar surface area (TPSA) is 83.9 Å². The van der Waals surface area contributed by atoms with Crippen molar-refractivity contribution in [2.75, 3.05) is 19.8 Å². The molecule has 0 amide bonds. The molecule has 1 aliphatic heterocycles. The van der Waals surface area contributed by atoms with Crippen molar-refractivity contribution in [3.05, 3.63) is 0 Å². The summed E-state index contributed by atoms with van der Waals surface area (Å²) in [6.45, 7) is 2.88. The van der Waals surface area contributed by atoms with Crippen LogP contribution in [0.25, 0.3) is 0 Å². The monoisotopic (exact) mass is 277 g/mol. The molecular formula is C11H19NO5S. The highest BCUT2D eigenvalue weighted by Crippen LogP contribution is 2.34. The Morgan fingerprint density at radius 2 is 2.11 bits per heavy atom. The lowest BCUT2D eigenvalue weighted by atomic mass is 10.1. The Morgan fingerprint density at radius 1 is 1.39 bits per heavy atom. The SMILES string of the molecule is CC1COCCN1S(=O)(=O)C1CCCC1C(=O)O. The van der Waals surface area contributed by atoms with Gasteiger partial charge in [0.25, 0.3) is 0 Å². The number of carboxylic acid groups (broad SMARTS) is 1. The molecule has 2 aliphatic rings. The van der Waals surface area contributed by atoms with Crippen molar-refractivity contribution in [3.8, 4) is 0 Å². The van der Waals surface area contributed by atoms with Gasteiger partial charge in [0.05, 0.1) is 24.4 Å². The molecule has 0 radical (unpaired) electrons. The van der Waals surface area contributed by atoms with Gasteiger partial charge >= 0.3 is 5.97 Å². The molecule has 0 aromatic carbocycles. The van der Waals surface area contributed by atoms with E-state index in [1.165, 1.54) is 4.31 Å². The number of rotatable bonds is 3. The van der Waals surface area contributed by atoms with E-state index in [2.05, 4.69) is 0 Å². The summed E-state index contributed by atoms with van der Waals surface area (Å²) >= 11 is 0. The third-order valence-corrected chi connectivity index (χ3v) is 6.31. The van der Waals surface area contributed by atoms with Crippen molar-refractivity contribution in [3.63, 3.8) is 0 Å². The van der Waals surface area contributed by atoms with E-state index in [1.807, 2.05) is 0 Å². The van der Waals surface area contributed by atoms with Gasteiger partial charge in [-0.25, -0.2) is 8.42 Å². The largest absolute Gasteiger partial charge is 0.481 e. The van der Waals surface area contributed by atoms with Crippen LogP contribution < -0.4 is 0 Å². The number of carbonyl (C=O) groups is 1. The van der Waals surface area contributed by atoms with Gasteiger partial charge in [0, 0.05) is 12.6 Å². The van der Waals surface area contributed by atoms with Crippen molar-refractivity contribution in [2.45, 2.75) is 37.5 Å². The molecule has 2 fully saturated rings. The first kappa shape index (κ1) is 13.8. The van der Waals surface area contributed by atoms with Gasteiger partial charge in [-0.3, -0.25) is 4.79 Å². The van der Waals surface area contributed by atoms with Crippen LogP contribution in [0.15, 0.2) is 0 Å². The Balaban J connectivity index is 2.22. The molecule has 18 heavy (non-hydrogen) atoms. The molecular weight excluding hydrogens is 258 g/mol. The first-order valence-electron chi connectivity index (χ1n) is 6.26. The molecule has 0 spiro atoms. The highest BCUT2D eigenvalue weighted by Gasteiger charge is 2.45. The Kier molecular flexibility index (Phi) is 3.93. The second-order valence-electron chi connectivity index (χ2n) is 4.99. The number of ether oxygens (including phenoxy) is 1. The highest BCUT2D eigenvalue weighted by molar-refractivity contribution is 7.89. The average molecular weight is 277 g/mol. The van der Waals surface area contributed by atoms with Gasteiger partial charge < -0.3 is 9.84 Å². The smallest absolute Gasteiger partial charge is 0.307 e. The van der Waals surface area contributed by atoms with E-state index in [4.69, 9.17) is 9.84 Å².